The predicted molar refractivity (Wildman–Crippen MR) is 58.7 cm³/mol. The smallest absolute Gasteiger partial charge is 0.155 e. The van der Waals surface area contributed by atoms with Crippen molar-refractivity contribution in [2.75, 3.05) is 19.8 Å². The Morgan fingerprint density at radius 3 is 1.87 bits per heavy atom. The van der Waals surface area contributed by atoms with Crippen LogP contribution in [0.2, 0.25) is 0 Å². The standard InChI is InChI=1S/C11H24O4/c1-6-12-10(4)14-8-9(3)15-11(5)13-7-2/h9-11H,6-8H2,1-5H3/t9-,10+,11-/m1/s1. The van der Waals surface area contributed by atoms with Gasteiger partial charge in [-0.15, -0.1) is 0 Å². The van der Waals surface area contributed by atoms with Gasteiger partial charge in [0.05, 0.1) is 12.7 Å². The van der Waals surface area contributed by atoms with E-state index in [1.165, 1.54) is 0 Å². The molecular formula is C11H24O4. The maximum atomic E-state index is 5.52. The van der Waals surface area contributed by atoms with Crippen LogP contribution in [0.25, 0.3) is 0 Å². The Kier molecular flexibility index (Phi) is 9.00. The molecule has 0 aromatic carbocycles. The van der Waals surface area contributed by atoms with Gasteiger partial charge in [0.25, 0.3) is 0 Å². The Bertz CT molecular complexity index is 141. The first-order valence-electron chi connectivity index (χ1n) is 5.60. The molecular weight excluding hydrogens is 196 g/mol. The molecule has 0 saturated heterocycles. The molecule has 0 unspecified atom stereocenters. The molecule has 0 rings (SSSR count). The summed E-state index contributed by atoms with van der Waals surface area (Å²) in [5.74, 6) is 0. The lowest BCUT2D eigenvalue weighted by molar-refractivity contribution is -0.192. The largest absolute Gasteiger partial charge is 0.353 e. The van der Waals surface area contributed by atoms with Crippen molar-refractivity contribution in [3.63, 3.8) is 0 Å². The highest BCUT2D eigenvalue weighted by Gasteiger charge is 2.10. The second kappa shape index (κ2) is 9.09. The van der Waals surface area contributed by atoms with Gasteiger partial charge in [-0.25, -0.2) is 0 Å². The van der Waals surface area contributed by atoms with Gasteiger partial charge < -0.3 is 18.9 Å². The van der Waals surface area contributed by atoms with Crippen LogP contribution in [0.15, 0.2) is 0 Å². The zero-order chi connectivity index (χ0) is 11.7. The van der Waals surface area contributed by atoms with E-state index in [0.717, 1.165) is 0 Å². The van der Waals surface area contributed by atoms with Crippen molar-refractivity contribution in [2.24, 2.45) is 0 Å². The Morgan fingerprint density at radius 2 is 1.33 bits per heavy atom. The second-order valence-electron chi connectivity index (χ2n) is 3.33. The van der Waals surface area contributed by atoms with Gasteiger partial charge in [0.2, 0.25) is 0 Å². The molecule has 0 aromatic rings. The number of hydrogen-bond acceptors (Lipinski definition) is 4. The number of hydrogen-bond donors (Lipinski definition) is 0. The fourth-order valence-corrected chi connectivity index (χ4v) is 1.19. The van der Waals surface area contributed by atoms with E-state index in [-0.39, 0.29) is 18.7 Å². The summed E-state index contributed by atoms with van der Waals surface area (Å²) in [6.45, 7) is 11.4. The van der Waals surface area contributed by atoms with Crippen LogP contribution in [-0.4, -0.2) is 38.5 Å². The lowest BCUT2D eigenvalue weighted by Crippen LogP contribution is -2.26. The number of ether oxygens (including phenoxy) is 4. The molecule has 0 spiro atoms. The van der Waals surface area contributed by atoms with Crippen LogP contribution >= 0.6 is 0 Å². The fourth-order valence-electron chi connectivity index (χ4n) is 1.19. The molecule has 0 aliphatic heterocycles. The van der Waals surface area contributed by atoms with Crippen molar-refractivity contribution < 1.29 is 18.9 Å². The van der Waals surface area contributed by atoms with Gasteiger partial charge in [-0.05, 0) is 34.6 Å². The minimum absolute atomic E-state index is 0.00876. The fraction of sp³-hybridized carbons (Fsp3) is 1.00. The summed E-state index contributed by atoms with van der Waals surface area (Å²) in [5, 5.41) is 0. The summed E-state index contributed by atoms with van der Waals surface area (Å²) in [5.41, 5.74) is 0. The van der Waals surface area contributed by atoms with Crippen molar-refractivity contribution in [3.05, 3.63) is 0 Å². The summed E-state index contributed by atoms with van der Waals surface area (Å²) in [6.07, 6.45) is -0.353. The quantitative estimate of drug-likeness (QED) is 0.558. The van der Waals surface area contributed by atoms with Crippen LogP contribution < -0.4 is 0 Å². The first-order chi connectivity index (χ1) is 7.10. The zero-order valence-corrected chi connectivity index (χ0v) is 10.5. The first-order valence-corrected chi connectivity index (χ1v) is 5.60. The van der Waals surface area contributed by atoms with Gasteiger partial charge in [-0.3, -0.25) is 0 Å². The lowest BCUT2D eigenvalue weighted by Gasteiger charge is -2.20. The van der Waals surface area contributed by atoms with Gasteiger partial charge in [-0.2, -0.15) is 0 Å². The van der Waals surface area contributed by atoms with Gasteiger partial charge in [0.15, 0.2) is 12.6 Å². The molecule has 0 fully saturated rings. The molecule has 0 heterocycles. The van der Waals surface area contributed by atoms with Gasteiger partial charge in [0, 0.05) is 13.2 Å². The van der Waals surface area contributed by atoms with Crippen LogP contribution in [0.1, 0.15) is 34.6 Å². The molecule has 0 aliphatic carbocycles. The molecule has 0 bridgehead atoms. The molecule has 0 amide bonds. The third-order valence-corrected chi connectivity index (χ3v) is 1.79. The van der Waals surface area contributed by atoms with Crippen LogP contribution in [-0.2, 0) is 18.9 Å². The summed E-state index contributed by atoms with van der Waals surface area (Å²) >= 11 is 0. The normalized spacial score (nSPS) is 17.4. The minimum Gasteiger partial charge on any atom is -0.353 e. The minimum atomic E-state index is -0.184. The maximum absolute atomic E-state index is 5.52. The molecule has 0 saturated carbocycles. The Hall–Kier alpha value is -0.160. The van der Waals surface area contributed by atoms with Crippen molar-refractivity contribution in [1.29, 1.82) is 0 Å². The van der Waals surface area contributed by atoms with Crippen molar-refractivity contribution in [2.45, 2.75) is 53.3 Å². The highest BCUT2D eigenvalue weighted by molar-refractivity contribution is 4.48. The van der Waals surface area contributed by atoms with Crippen LogP contribution in [0.4, 0.5) is 0 Å². The van der Waals surface area contributed by atoms with Gasteiger partial charge in [0.1, 0.15) is 0 Å². The first kappa shape index (κ1) is 14.8. The van der Waals surface area contributed by atoms with E-state index in [2.05, 4.69) is 0 Å². The predicted octanol–water partition coefficient (Wildman–Crippen LogP) is 2.17. The molecule has 15 heavy (non-hydrogen) atoms. The van der Waals surface area contributed by atoms with E-state index < -0.39 is 0 Å². The van der Waals surface area contributed by atoms with E-state index >= 15 is 0 Å². The Balaban J connectivity index is 3.51. The average Bonchev–Trinajstić information content (AvgIpc) is 2.15. The zero-order valence-electron chi connectivity index (χ0n) is 10.5. The Morgan fingerprint density at radius 1 is 0.800 bits per heavy atom. The molecule has 92 valence electrons. The number of rotatable bonds is 9. The third kappa shape index (κ3) is 8.81. The highest BCUT2D eigenvalue weighted by atomic mass is 16.7. The molecule has 4 heteroatoms. The molecule has 0 N–H and O–H groups in total. The van der Waals surface area contributed by atoms with E-state index in [4.69, 9.17) is 18.9 Å². The van der Waals surface area contributed by atoms with Crippen LogP contribution in [0.3, 0.4) is 0 Å². The SMILES string of the molecule is CCO[C@H](C)OC[C@@H](C)O[C@H](C)OCC. The monoisotopic (exact) mass is 220 g/mol. The van der Waals surface area contributed by atoms with Gasteiger partial charge in [-0.1, -0.05) is 0 Å². The van der Waals surface area contributed by atoms with E-state index in [9.17, 15) is 0 Å². The van der Waals surface area contributed by atoms with Crippen LogP contribution in [0, 0.1) is 0 Å². The third-order valence-electron chi connectivity index (χ3n) is 1.79. The van der Waals surface area contributed by atoms with Crippen molar-refractivity contribution in [3.8, 4) is 0 Å². The van der Waals surface area contributed by atoms with Crippen LogP contribution in [0.5, 0.6) is 0 Å². The average molecular weight is 220 g/mol. The van der Waals surface area contributed by atoms with Crippen molar-refractivity contribution in [1.82, 2.24) is 0 Å². The molecule has 0 aliphatic rings. The second-order valence-corrected chi connectivity index (χ2v) is 3.33. The highest BCUT2D eigenvalue weighted by Crippen LogP contribution is 2.02. The van der Waals surface area contributed by atoms with E-state index in [1.807, 2.05) is 34.6 Å². The summed E-state index contributed by atoms with van der Waals surface area (Å²) in [6, 6.07) is 0. The summed E-state index contributed by atoms with van der Waals surface area (Å²) < 4.78 is 21.4. The van der Waals surface area contributed by atoms with E-state index in [0.29, 0.717) is 19.8 Å². The summed E-state index contributed by atoms with van der Waals surface area (Å²) in [4.78, 5) is 0. The lowest BCUT2D eigenvalue weighted by atomic mass is 10.4. The molecule has 0 aromatic heterocycles. The van der Waals surface area contributed by atoms with Crippen molar-refractivity contribution >= 4 is 0 Å². The van der Waals surface area contributed by atoms with E-state index in [1.54, 1.807) is 0 Å². The summed E-state index contributed by atoms with van der Waals surface area (Å²) in [7, 11) is 0. The molecule has 4 nitrogen and oxygen atoms in total. The topological polar surface area (TPSA) is 36.9 Å². The van der Waals surface area contributed by atoms with Gasteiger partial charge >= 0.3 is 0 Å². The molecule has 3 atom stereocenters. The molecule has 0 radical (unpaired) electrons. The maximum Gasteiger partial charge on any atom is 0.155 e. The Labute approximate surface area is 92.8 Å².